The van der Waals surface area contributed by atoms with E-state index < -0.39 is 0 Å². The molecule has 0 aromatic heterocycles. The highest BCUT2D eigenvalue weighted by molar-refractivity contribution is 8.23. The molecule has 2 heteroatoms. The summed E-state index contributed by atoms with van der Waals surface area (Å²) in [5.74, 6) is 0.616. The Bertz CT molecular complexity index is 448. The molecule has 2 rings (SSSR count). The molecule has 1 aromatic rings. The Balaban J connectivity index is 2.12. The Morgan fingerprint density at radius 3 is 2.78 bits per heavy atom. The number of rotatable bonds is 6. The first-order valence-corrected chi connectivity index (χ1v) is 8.61. The van der Waals surface area contributed by atoms with E-state index in [2.05, 4.69) is 48.7 Å². The van der Waals surface area contributed by atoms with E-state index >= 15 is 0 Å². The van der Waals surface area contributed by atoms with Crippen LogP contribution in [0.4, 0.5) is 0 Å². The molecule has 1 unspecified atom stereocenters. The van der Waals surface area contributed by atoms with Gasteiger partial charge in [0.05, 0.1) is 0 Å². The minimum absolute atomic E-state index is 0.251. The monoisotopic (exact) mass is 280 g/mol. The normalized spacial score (nSPS) is 20.1. The van der Waals surface area contributed by atoms with Gasteiger partial charge in [0.2, 0.25) is 0 Å². The van der Waals surface area contributed by atoms with Crippen LogP contribution in [-0.2, 0) is 5.88 Å². The molecule has 98 valence electrons. The van der Waals surface area contributed by atoms with Crippen LogP contribution in [0.2, 0.25) is 0 Å². The largest absolute Gasteiger partial charge is 0.183 e. The summed E-state index contributed by atoms with van der Waals surface area (Å²) in [5.41, 5.74) is 1.29. The number of thiol groups is 1. The van der Waals surface area contributed by atoms with Crippen LogP contribution in [0, 0.1) is 0 Å². The highest BCUT2D eigenvalue weighted by Gasteiger charge is 2.15. The van der Waals surface area contributed by atoms with Crippen LogP contribution >= 0.6 is 22.5 Å². The van der Waals surface area contributed by atoms with Crippen molar-refractivity contribution in [2.75, 3.05) is 0 Å². The SMILES string of the molecule is CCCCCC1=CC=C[SH]1c1ccccc1CCl. The molecule has 1 aliphatic rings. The third-order valence-electron chi connectivity index (χ3n) is 3.26. The summed E-state index contributed by atoms with van der Waals surface area (Å²) in [6, 6.07) is 8.60. The third-order valence-corrected chi connectivity index (χ3v) is 5.97. The molecule has 1 atom stereocenters. The highest BCUT2D eigenvalue weighted by atomic mass is 35.5. The van der Waals surface area contributed by atoms with Crippen molar-refractivity contribution in [1.29, 1.82) is 0 Å². The molecular formula is C16H21ClS. The number of hydrogen-bond donors (Lipinski definition) is 1. The van der Waals surface area contributed by atoms with Crippen LogP contribution in [0.3, 0.4) is 0 Å². The third kappa shape index (κ3) is 3.21. The van der Waals surface area contributed by atoms with Crippen LogP contribution < -0.4 is 0 Å². The maximum Gasteiger partial charge on any atom is 0.0484 e. The Morgan fingerprint density at radius 2 is 2.00 bits per heavy atom. The van der Waals surface area contributed by atoms with Crippen molar-refractivity contribution in [1.82, 2.24) is 0 Å². The lowest BCUT2D eigenvalue weighted by Gasteiger charge is -2.21. The summed E-state index contributed by atoms with van der Waals surface area (Å²) in [6.07, 6.45) is 9.70. The standard InChI is InChI=1S/C16H21ClS/c1-2-3-4-9-15-10-7-12-18(15)16-11-6-5-8-14(16)13-17/h5-8,10-12,18H,2-4,9,13H2,1H3. The molecule has 0 saturated carbocycles. The minimum atomic E-state index is -0.251. The van der Waals surface area contributed by atoms with E-state index in [1.54, 1.807) is 4.91 Å². The lowest BCUT2D eigenvalue weighted by atomic mass is 10.2. The lowest BCUT2D eigenvalue weighted by Crippen LogP contribution is -1.90. The van der Waals surface area contributed by atoms with Gasteiger partial charge < -0.3 is 0 Å². The van der Waals surface area contributed by atoms with Crippen LogP contribution in [0.15, 0.2) is 51.6 Å². The van der Waals surface area contributed by atoms with Crippen molar-refractivity contribution in [2.45, 2.75) is 43.4 Å². The number of alkyl halides is 1. The van der Waals surface area contributed by atoms with Crippen molar-refractivity contribution < 1.29 is 0 Å². The second kappa shape index (κ2) is 7.06. The molecule has 1 aromatic carbocycles. The average Bonchev–Trinajstić information content (AvgIpc) is 2.87. The Morgan fingerprint density at radius 1 is 1.17 bits per heavy atom. The fraction of sp³-hybridized carbons (Fsp3) is 0.375. The van der Waals surface area contributed by atoms with Gasteiger partial charge in [-0.15, -0.1) is 11.6 Å². The number of unbranched alkanes of at least 4 members (excludes halogenated alkanes) is 2. The average molecular weight is 281 g/mol. The van der Waals surface area contributed by atoms with E-state index in [1.807, 2.05) is 0 Å². The van der Waals surface area contributed by atoms with Crippen LogP contribution in [0.5, 0.6) is 0 Å². The molecule has 0 saturated heterocycles. The molecular weight excluding hydrogens is 260 g/mol. The van der Waals surface area contributed by atoms with Gasteiger partial charge in [0.25, 0.3) is 0 Å². The first kappa shape index (κ1) is 13.8. The summed E-state index contributed by atoms with van der Waals surface area (Å²) in [5, 5.41) is 2.36. The summed E-state index contributed by atoms with van der Waals surface area (Å²) in [7, 11) is -0.251. The smallest absolute Gasteiger partial charge is 0.0484 e. The van der Waals surface area contributed by atoms with E-state index in [0.29, 0.717) is 5.88 Å². The minimum Gasteiger partial charge on any atom is -0.183 e. The van der Waals surface area contributed by atoms with Gasteiger partial charge in [0, 0.05) is 5.88 Å². The van der Waals surface area contributed by atoms with E-state index in [4.69, 9.17) is 11.6 Å². The lowest BCUT2D eigenvalue weighted by molar-refractivity contribution is 0.725. The zero-order chi connectivity index (χ0) is 12.8. The van der Waals surface area contributed by atoms with Gasteiger partial charge in [-0.2, -0.15) is 10.9 Å². The fourth-order valence-electron chi connectivity index (χ4n) is 2.27. The van der Waals surface area contributed by atoms with Gasteiger partial charge in [-0.25, -0.2) is 0 Å². The van der Waals surface area contributed by atoms with E-state index in [9.17, 15) is 0 Å². The Labute approximate surface area is 118 Å². The molecule has 1 heterocycles. The molecule has 0 radical (unpaired) electrons. The van der Waals surface area contributed by atoms with E-state index in [0.717, 1.165) is 0 Å². The number of benzene rings is 1. The van der Waals surface area contributed by atoms with Gasteiger partial charge in [-0.3, -0.25) is 0 Å². The fourth-order valence-corrected chi connectivity index (χ4v) is 4.87. The number of allylic oxidation sites excluding steroid dienone is 3. The molecule has 0 amide bonds. The summed E-state index contributed by atoms with van der Waals surface area (Å²) in [4.78, 5) is 3.05. The van der Waals surface area contributed by atoms with Gasteiger partial charge >= 0.3 is 0 Å². The maximum atomic E-state index is 6.05. The first-order chi connectivity index (χ1) is 8.86. The molecule has 0 spiro atoms. The van der Waals surface area contributed by atoms with Crippen molar-refractivity contribution in [2.24, 2.45) is 0 Å². The molecule has 0 aliphatic carbocycles. The Hall–Kier alpha value is -0.660. The molecule has 0 nitrogen and oxygen atoms in total. The summed E-state index contributed by atoms with van der Waals surface area (Å²) >= 11 is 6.05. The van der Waals surface area contributed by atoms with Crippen molar-refractivity contribution >= 4 is 22.5 Å². The van der Waals surface area contributed by atoms with E-state index in [1.165, 1.54) is 36.1 Å². The number of halogens is 1. The van der Waals surface area contributed by atoms with Crippen molar-refractivity contribution in [3.8, 4) is 0 Å². The van der Waals surface area contributed by atoms with Crippen LogP contribution in [0.25, 0.3) is 0 Å². The second-order valence-electron chi connectivity index (χ2n) is 4.59. The molecule has 0 N–H and O–H groups in total. The number of hydrogen-bond acceptors (Lipinski definition) is 0. The van der Waals surface area contributed by atoms with Gasteiger partial charge in [-0.1, -0.05) is 50.1 Å². The predicted molar refractivity (Wildman–Crippen MR) is 84.6 cm³/mol. The quantitative estimate of drug-likeness (QED) is 0.381. The van der Waals surface area contributed by atoms with Crippen molar-refractivity contribution in [3.05, 3.63) is 52.3 Å². The van der Waals surface area contributed by atoms with Gasteiger partial charge in [0.15, 0.2) is 0 Å². The maximum absolute atomic E-state index is 6.05. The van der Waals surface area contributed by atoms with E-state index in [-0.39, 0.29) is 10.9 Å². The molecule has 0 fully saturated rings. The van der Waals surface area contributed by atoms with Gasteiger partial charge in [0.1, 0.15) is 0 Å². The second-order valence-corrected chi connectivity index (χ2v) is 6.95. The predicted octanol–water partition coefficient (Wildman–Crippen LogP) is 5.78. The Kier molecular flexibility index (Phi) is 5.40. The van der Waals surface area contributed by atoms with Crippen LogP contribution in [-0.4, -0.2) is 0 Å². The van der Waals surface area contributed by atoms with Crippen molar-refractivity contribution in [3.63, 3.8) is 0 Å². The summed E-state index contributed by atoms with van der Waals surface area (Å²) < 4.78 is 0. The highest BCUT2D eigenvalue weighted by Crippen LogP contribution is 2.51. The molecule has 0 bridgehead atoms. The van der Waals surface area contributed by atoms with Gasteiger partial charge in [-0.05, 0) is 39.7 Å². The summed E-state index contributed by atoms with van der Waals surface area (Å²) in [6.45, 7) is 2.26. The zero-order valence-corrected chi connectivity index (χ0v) is 12.6. The molecule has 18 heavy (non-hydrogen) atoms. The topological polar surface area (TPSA) is 0 Å². The molecule has 1 aliphatic heterocycles. The zero-order valence-electron chi connectivity index (χ0n) is 10.9. The van der Waals surface area contributed by atoms with Crippen LogP contribution in [0.1, 0.15) is 38.2 Å². The first-order valence-electron chi connectivity index (χ1n) is 6.67.